The average Bonchev–Trinajstić information content (AvgIpc) is 2.49. The lowest BCUT2D eigenvalue weighted by Gasteiger charge is -2.11. The number of hydrogen-bond acceptors (Lipinski definition) is 4. The Morgan fingerprint density at radius 1 is 1.14 bits per heavy atom. The summed E-state index contributed by atoms with van der Waals surface area (Å²) in [4.78, 5) is 11.0. The van der Waals surface area contributed by atoms with E-state index in [0.717, 1.165) is 0 Å². The zero-order valence-corrected chi connectivity index (χ0v) is 12.8. The van der Waals surface area contributed by atoms with Crippen molar-refractivity contribution >= 4 is 21.7 Å². The first kappa shape index (κ1) is 15.8. The maximum absolute atomic E-state index is 12.3. The molecule has 116 valence electrons. The van der Waals surface area contributed by atoms with Gasteiger partial charge in [-0.15, -0.1) is 0 Å². The predicted molar refractivity (Wildman–Crippen MR) is 81.9 cm³/mol. The summed E-state index contributed by atoms with van der Waals surface area (Å²) in [6, 6.07) is 10.2. The Labute approximate surface area is 128 Å². The van der Waals surface area contributed by atoms with E-state index >= 15 is 0 Å². The number of aryl methyl sites for hydroxylation is 1. The second kappa shape index (κ2) is 6.07. The van der Waals surface area contributed by atoms with E-state index in [-0.39, 0.29) is 10.5 Å². The number of anilines is 1. The van der Waals surface area contributed by atoms with Crippen LogP contribution >= 0.6 is 0 Å². The molecule has 6 nitrogen and oxygen atoms in total. The highest BCUT2D eigenvalue weighted by Crippen LogP contribution is 2.22. The number of hydrogen-bond donors (Lipinski definition) is 2. The van der Waals surface area contributed by atoms with E-state index in [4.69, 9.17) is 9.84 Å². The van der Waals surface area contributed by atoms with Gasteiger partial charge in [0.1, 0.15) is 5.75 Å². The Balaban J connectivity index is 2.30. The van der Waals surface area contributed by atoms with Gasteiger partial charge in [-0.1, -0.05) is 0 Å². The topological polar surface area (TPSA) is 92.7 Å². The third-order valence-electron chi connectivity index (χ3n) is 3.09. The summed E-state index contributed by atoms with van der Waals surface area (Å²) in [6.07, 6.45) is 0. The normalized spacial score (nSPS) is 11.0. The highest BCUT2D eigenvalue weighted by molar-refractivity contribution is 7.92. The van der Waals surface area contributed by atoms with Gasteiger partial charge in [0.15, 0.2) is 0 Å². The molecule has 0 amide bonds. The molecule has 0 fully saturated rings. The molecule has 2 N–H and O–H groups in total. The quantitative estimate of drug-likeness (QED) is 0.882. The van der Waals surface area contributed by atoms with Crippen LogP contribution in [0.15, 0.2) is 47.4 Å². The SMILES string of the molecule is COc1ccc(S(=O)(=O)Nc2ccc(C(=O)O)cc2C)cc1. The van der Waals surface area contributed by atoms with Gasteiger partial charge in [-0.2, -0.15) is 0 Å². The van der Waals surface area contributed by atoms with E-state index < -0.39 is 16.0 Å². The van der Waals surface area contributed by atoms with Crippen LogP contribution in [0.1, 0.15) is 15.9 Å². The minimum Gasteiger partial charge on any atom is -0.497 e. The summed E-state index contributed by atoms with van der Waals surface area (Å²) in [5.74, 6) is -0.506. The highest BCUT2D eigenvalue weighted by Gasteiger charge is 2.16. The van der Waals surface area contributed by atoms with Crippen LogP contribution in [0.4, 0.5) is 5.69 Å². The maximum atomic E-state index is 12.3. The molecule has 7 heteroatoms. The second-order valence-corrected chi connectivity index (χ2v) is 6.30. The van der Waals surface area contributed by atoms with Crippen molar-refractivity contribution in [2.45, 2.75) is 11.8 Å². The Hall–Kier alpha value is -2.54. The number of ether oxygens (including phenoxy) is 1. The molecule has 0 aliphatic carbocycles. The fourth-order valence-corrected chi connectivity index (χ4v) is 3.00. The standard InChI is InChI=1S/C15H15NO5S/c1-10-9-11(15(17)18)3-8-14(10)16-22(19,20)13-6-4-12(21-2)5-7-13/h3-9,16H,1-2H3,(H,17,18). The van der Waals surface area contributed by atoms with Gasteiger partial charge in [0.05, 0.1) is 23.3 Å². The molecule has 22 heavy (non-hydrogen) atoms. The van der Waals surface area contributed by atoms with E-state index in [1.165, 1.54) is 37.4 Å². The molecule has 0 unspecified atom stereocenters. The summed E-state index contributed by atoms with van der Waals surface area (Å²) in [7, 11) is -2.25. The summed E-state index contributed by atoms with van der Waals surface area (Å²) in [6.45, 7) is 1.64. The van der Waals surface area contributed by atoms with Gasteiger partial charge < -0.3 is 9.84 Å². The van der Waals surface area contributed by atoms with Gasteiger partial charge >= 0.3 is 5.97 Å². The predicted octanol–water partition coefficient (Wildman–Crippen LogP) is 2.50. The molecule has 0 saturated carbocycles. The van der Waals surface area contributed by atoms with Gasteiger partial charge in [0.2, 0.25) is 0 Å². The first-order chi connectivity index (χ1) is 10.3. The number of methoxy groups -OCH3 is 1. The number of benzene rings is 2. The van der Waals surface area contributed by atoms with Gasteiger partial charge in [0, 0.05) is 0 Å². The van der Waals surface area contributed by atoms with Crippen LogP contribution in [0.3, 0.4) is 0 Å². The van der Waals surface area contributed by atoms with Gasteiger partial charge in [-0.3, -0.25) is 4.72 Å². The Morgan fingerprint density at radius 3 is 2.27 bits per heavy atom. The van der Waals surface area contributed by atoms with Crippen LogP contribution in [0.2, 0.25) is 0 Å². The third-order valence-corrected chi connectivity index (χ3v) is 4.47. The number of rotatable bonds is 5. The van der Waals surface area contributed by atoms with Crippen LogP contribution in [-0.4, -0.2) is 26.6 Å². The van der Waals surface area contributed by atoms with Gasteiger partial charge in [-0.05, 0) is 55.0 Å². The number of carbonyl (C=O) groups is 1. The molecular formula is C15H15NO5S. The molecular weight excluding hydrogens is 306 g/mol. The second-order valence-electron chi connectivity index (χ2n) is 4.62. The zero-order valence-electron chi connectivity index (χ0n) is 12.0. The molecule has 0 saturated heterocycles. The minimum absolute atomic E-state index is 0.0926. The van der Waals surface area contributed by atoms with Crippen molar-refractivity contribution in [1.82, 2.24) is 0 Å². The van der Waals surface area contributed by atoms with Crippen LogP contribution in [0, 0.1) is 6.92 Å². The number of sulfonamides is 1. The molecule has 0 radical (unpaired) electrons. The Morgan fingerprint density at radius 2 is 1.77 bits per heavy atom. The molecule has 0 heterocycles. The molecule has 0 atom stereocenters. The van der Waals surface area contributed by atoms with Gasteiger partial charge in [-0.25, -0.2) is 13.2 Å². The number of carboxylic acids is 1. The number of aromatic carboxylic acids is 1. The first-order valence-electron chi connectivity index (χ1n) is 6.34. The fourth-order valence-electron chi connectivity index (χ4n) is 1.87. The summed E-state index contributed by atoms with van der Waals surface area (Å²) in [5, 5.41) is 8.91. The number of nitrogens with one attached hydrogen (secondary N) is 1. The van der Waals surface area contributed by atoms with Crippen molar-refractivity contribution in [3.8, 4) is 5.75 Å². The Bertz CT molecular complexity index is 797. The monoisotopic (exact) mass is 321 g/mol. The average molecular weight is 321 g/mol. The van der Waals surface area contributed by atoms with Gasteiger partial charge in [0.25, 0.3) is 10.0 Å². The van der Waals surface area contributed by atoms with Crippen molar-refractivity contribution < 1.29 is 23.1 Å². The van der Waals surface area contributed by atoms with Crippen LogP contribution < -0.4 is 9.46 Å². The van der Waals surface area contributed by atoms with E-state index in [1.54, 1.807) is 19.1 Å². The fraction of sp³-hybridized carbons (Fsp3) is 0.133. The summed E-state index contributed by atoms with van der Waals surface area (Å²) in [5.41, 5.74) is 0.961. The van der Waals surface area contributed by atoms with Crippen LogP contribution in [0.5, 0.6) is 5.75 Å². The molecule has 2 aromatic rings. The number of carboxylic acid groups (broad SMARTS) is 1. The van der Waals surface area contributed by atoms with E-state index in [0.29, 0.717) is 17.0 Å². The molecule has 0 spiro atoms. The molecule has 0 aliphatic heterocycles. The lowest BCUT2D eigenvalue weighted by molar-refractivity contribution is 0.0697. The van der Waals surface area contributed by atoms with Crippen molar-refractivity contribution in [3.05, 3.63) is 53.6 Å². The summed E-state index contributed by atoms with van der Waals surface area (Å²) < 4.78 is 32.0. The van der Waals surface area contributed by atoms with Crippen molar-refractivity contribution in [2.75, 3.05) is 11.8 Å². The van der Waals surface area contributed by atoms with E-state index in [2.05, 4.69) is 4.72 Å². The molecule has 0 bridgehead atoms. The molecule has 0 aliphatic rings. The lowest BCUT2D eigenvalue weighted by atomic mass is 10.1. The minimum atomic E-state index is -3.75. The van der Waals surface area contributed by atoms with Crippen LogP contribution in [0.25, 0.3) is 0 Å². The lowest BCUT2D eigenvalue weighted by Crippen LogP contribution is -2.14. The summed E-state index contributed by atoms with van der Waals surface area (Å²) >= 11 is 0. The Kier molecular flexibility index (Phi) is 4.37. The first-order valence-corrected chi connectivity index (χ1v) is 7.82. The van der Waals surface area contributed by atoms with E-state index in [9.17, 15) is 13.2 Å². The third kappa shape index (κ3) is 3.37. The van der Waals surface area contributed by atoms with Crippen molar-refractivity contribution in [1.29, 1.82) is 0 Å². The maximum Gasteiger partial charge on any atom is 0.335 e. The smallest absolute Gasteiger partial charge is 0.335 e. The largest absolute Gasteiger partial charge is 0.497 e. The van der Waals surface area contributed by atoms with Crippen molar-refractivity contribution in [3.63, 3.8) is 0 Å². The molecule has 0 aromatic heterocycles. The molecule has 2 rings (SSSR count). The van der Waals surface area contributed by atoms with Crippen LogP contribution in [-0.2, 0) is 10.0 Å². The van der Waals surface area contributed by atoms with Crippen molar-refractivity contribution in [2.24, 2.45) is 0 Å². The molecule has 2 aromatic carbocycles. The highest BCUT2D eigenvalue weighted by atomic mass is 32.2. The zero-order chi connectivity index (χ0) is 16.3. The van der Waals surface area contributed by atoms with E-state index in [1.807, 2.05) is 0 Å².